The van der Waals surface area contributed by atoms with Crippen LogP contribution in [0, 0.1) is 5.41 Å². The average molecular weight is 682 g/mol. The molecule has 0 saturated carbocycles. The highest BCUT2D eigenvalue weighted by molar-refractivity contribution is 6.65. The van der Waals surface area contributed by atoms with Gasteiger partial charge in [0.2, 0.25) is 0 Å². The van der Waals surface area contributed by atoms with Gasteiger partial charge in [0.25, 0.3) is 0 Å². The summed E-state index contributed by atoms with van der Waals surface area (Å²) in [6.45, 7) is 0. The lowest BCUT2D eigenvalue weighted by molar-refractivity contribution is 0.320. The van der Waals surface area contributed by atoms with E-state index in [0.717, 1.165) is 72.5 Å². The highest BCUT2D eigenvalue weighted by atomic mass is 16.4. The van der Waals surface area contributed by atoms with Crippen LogP contribution in [0.25, 0.3) is 78.8 Å². The van der Waals surface area contributed by atoms with Crippen LogP contribution in [0.4, 0.5) is 0 Å². The zero-order valence-corrected chi connectivity index (χ0v) is 28.5. The molecule has 53 heavy (non-hydrogen) atoms. The first kappa shape index (κ1) is 31.7. The molecule has 0 saturated heterocycles. The Bertz CT molecular complexity index is 2650. The van der Waals surface area contributed by atoms with E-state index in [0.29, 0.717) is 17.0 Å². The third-order valence-electron chi connectivity index (χ3n) is 9.65. The number of nitrogens with zero attached hydrogens (tertiary/aromatic N) is 4. The second-order valence-electron chi connectivity index (χ2n) is 12.9. The molecule has 0 amide bonds. The molecule has 0 atom stereocenters. The highest BCUT2D eigenvalue weighted by Crippen LogP contribution is 2.39. The van der Waals surface area contributed by atoms with Crippen LogP contribution in [0.1, 0.15) is 16.7 Å². The number of pyridine rings is 1. The zero-order chi connectivity index (χ0) is 35.7. The maximum absolute atomic E-state index is 10.3. The van der Waals surface area contributed by atoms with Gasteiger partial charge in [0.1, 0.15) is 5.71 Å². The van der Waals surface area contributed by atoms with Crippen molar-refractivity contribution < 1.29 is 5.21 Å². The zero-order valence-electron chi connectivity index (χ0n) is 28.5. The SMILES string of the molecule is N=C1C(c2ccccc2)=Cc2c(-c3ccc(-c4ccc(-c5cc(-c6ccccc6)nc(-c6ccccc6)n5)cc4)cc3)nc3ccccc3c2/C1=N/O. The van der Waals surface area contributed by atoms with Crippen LogP contribution in [0.3, 0.4) is 0 Å². The molecule has 6 heteroatoms. The number of nitrogens with one attached hydrogen (secondary N) is 1. The van der Waals surface area contributed by atoms with E-state index in [1.807, 2.05) is 109 Å². The summed E-state index contributed by atoms with van der Waals surface area (Å²) in [5.74, 6) is 0.686. The Kier molecular flexibility index (Phi) is 8.02. The van der Waals surface area contributed by atoms with E-state index >= 15 is 0 Å². The number of para-hydroxylation sites is 1. The van der Waals surface area contributed by atoms with Crippen LogP contribution < -0.4 is 0 Å². The lowest BCUT2D eigenvalue weighted by Gasteiger charge is -2.23. The molecule has 2 heterocycles. The topological polar surface area (TPSA) is 95.1 Å². The van der Waals surface area contributed by atoms with Crippen molar-refractivity contribution in [1.29, 1.82) is 5.41 Å². The van der Waals surface area contributed by atoms with E-state index in [-0.39, 0.29) is 11.4 Å². The van der Waals surface area contributed by atoms with Crippen molar-refractivity contribution in [3.05, 3.63) is 187 Å². The van der Waals surface area contributed by atoms with Gasteiger partial charge >= 0.3 is 0 Å². The third-order valence-corrected chi connectivity index (χ3v) is 9.65. The van der Waals surface area contributed by atoms with E-state index in [4.69, 9.17) is 20.4 Å². The van der Waals surface area contributed by atoms with Crippen LogP contribution in [-0.4, -0.2) is 31.6 Å². The van der Waals surface area contributed by atoms with Gasteiger partial charge in [-0.25, -0.2) is 15.0 Å². The minimum absolute atomic E-state index is 0.168. The van der Waals surface area contributed by atoms with Gasteiger partial charge in [-0.3, -0.25) is 5.41 Å². The molecule has 0 fully saturated rings. The first-order valence-electron chi connectivity index (χ1n) is 17.4. The van der Waals surface area contributed by atoms with Gasteiger partial charge in [0.15, 0.2) is 5.82 Å². The Balaban J connectivity index is 1.09. The molecule has 0 aliphatic heterocycles. The Morgan fingerprint density at radius 3 is 1.57 bits per heavy atom. The predicted molar refractivity (Wildman–Crippen MR) is 215 cm³/mol. The average Bonchev–Trinajstić information content (AvgIpc) is 3.24. The number of aromatic nitrogens is 3. The van der Waals surface area contributed by atoms with Crippen molar-refractivity contribution in [1.82, 2.24) is 15.0 Å². The van der Waals surface area contributed by atoms with Crippen LogP contribution in [-0.2, 0) is 0 Å². The molecule has 6 aromatic carbocycles. The fourth-order valence-corrected chi connectivity index (χ4v) is 6.98. The molecule has 9 rings (SSSR count). The maximum atomic E-state index is 10.3. The second kappa shape index (κ2) is 13.4. The third kappa shape index (κ3) is 5.88. The van der Waals surface area contributed by atoms with Gasteiger partial charge in [0, 0.05) is 44.3 Å². The smallest absolute Gasteiger partial charge is 0.160 e. The van der Waals surface area contributed by atoms with Gasteiger partial charge in [-0.1, -0.05) is 163 Å². The summed E-state index contributed by atoms with van der Waals surface area (Å²) in [6, 6.07) is 56.7. The second-order valence-corrected chi connectivity index (χ2v) is 12.9. The molecule has 1 aliphatic rings. The summed E-state index contributed by atoms with van der Waals surface area (Å²) < 4.78 is 0. The van der Waals surface area contributed by atoms with Crippen LogP contribution in [0.2, 0.25) is 0 Å². The first-order chi connectivity index (χ1) is 26.1. The molecule has 1 aliphatic carbocycles. The Morgan fingerprint density at radius 1 is 0.472 bits per heavy atom. The van der Waals surface area contributed by atoms with E-state index in [2.05, 4.69) is 71.9 Å². The fourth-order valence-electron chi connectivity index (χ4n) is 6.98. The van der Waals surface area contributed by atoms with Crippen LogP contribution in [0.5, 0.6) is 0 Å². The van der Waals surface area contributed by atoms with E-state index in [9.17, 15) is 5.21 Å². The maximum Gasteiger partial charge on any atom is 0.160 e. The minimum Gasteiger partial charge on any atom is -0.410 e. The lowest BCUT2D eigenvalue weighted by atomic mass is 9.82. The quantitative estimate of drug-likeness (QED) is 0.135. The minimum atomic E-state index is 0.168. The van der Waals surface area contributed by atoms with E-state index in [1.54, 1.807) is 0 Å². The van der Waals surface area contributed by atoms with Crippen LogP contribution >= 0.6 is 0 Å². The van der Waals surface area contributed by atoms with Gasteiger partial charge in [-0.2, -0.15) is 0 Å². The highest BCUT2D eigenvalue weighted by Gasteiger charge is 2.29. The molecule has 2 aromatic heterocycles. The van der Waals surface area contributed by atoms with Gasteiger partial charge in [-0.05, 0) is 34.9 Å². The van der Waals surface area contributed by atoms with Gasteiger partial charge in [-0.15, -0.1) is 0 Å². The molecule has 0 radical (unpaired) electrons. The molecular weight excluding hydrogens is 651 g/mol. The normalized spacial score (nSPS) is 13.2. The molecule has 0 unspecified atom stereocenters. The van der Waals surface area contributed by atoms with Crippen molar-refractivity contribution in [3.63, 3.8) is 0 Å². The molecule has 2 N–H and O–H groups in total. The largest absolute Gasteiger partial charge is 0.410 e. The van der Waals surface area contributed by atoms with Crippen molar-refractivity contribution in [3.8, 4) is 56.3 Å². The number of oxime groups is 1. The van der Waals surface area contributed by atoms with E-state index in [1.165, 1.54) is 0 Å². The van der Waals surface area contributed by atoms with Crippen molar-refractivity contribution in [2.75, 3.05) is 0 Å². The Labute approximate surface area is 306 Å². The van der Waals surface area contributed by atoms with E-state index < -0.39 is 0 Å². The van der Waals surface area contributed by atoms with Crippen LogP contribution in [0.15, 0.2) is 175 Å². The summed E-state index contributed by atoms with van der Waals surface area (Å²) in [5, 5.41) is 23.8. The number of allylic oxidation sites excluding steroid dienone is 1. The fraction of sp³-hybridized carbons (Fsp3) is 0. The number of hydrogen-bond acceptors (Lipinski definition) is 6. The summed E-state index contributed by atoms with van der Waals surface area (Å²) in [7, 11) is 0. The number of hydrogen-bond donors (Lipinski definition) is 2. The lowest BCUT2D eigenvalue weighted by Crippen LogP contribution is -2.22. The van der Waals surface area contributed by atoms with Gasteiger partial charge in [0.05, 0.1) is 28.3 Å². The Hall–Kier alpha value is -7.31. The standard InChI is InChI=1S/C47H31N5O/c48-44-38(32-12-4-1-5-13-32)28-39-43(46(44)52-53)37-18-10-11-19-40(37)49-45(39)35-26-22-31(23-27-35)30-20-24-34(25-21-30)42-29-41(33-14-6-2-7-15-33)50-47(51-42)36-16-8-3-9-17-36/h1-29,48,53H/b48-44?,52-46-. The van der Waals surface area contributed by atoms with Gasteiger partial charge < -0.3 is 5.21 Å². The summed E-state index contributed by atoms with van der Waals surface area (Å²) in [4.78, 5) is 15.0. The Morgan fingerprint density at radius 2 is 0.962 bits per heavy atom. The predicted octanol–water partition coefficient (Wildman–Crippen LogP) is 11.1. The summed E-state index contributed by atoms with van der Waals surface area (Å²) in [6.07, 6.45) is 2.00. The molecule has 250 valence electrons. The first-order valence-corrected chi connectivity index (χ1v) is 17.4. The molecule has 0 bridgehead atoms. The number of rotatable bonds is 6. The molecule has 6 nitrogen and oxygen atoms in total. The molecule has 8 aromatic rings. The summed E-state index contributed by atoms with van der Waals surface area (Å²) in [5.41, 5.74) is 12.8. The number of fused-ring (bicyclic) bond motifs is 3. The summed E-state index contributed by atoms with van der Waals surface area (Å²) >= 11 is 0. The molecule has 0 spiro atoms. The molecular formula is C47H31N5O. The van der Waals surface area contributed by atoms with Crippen molar-refractivity contribution >= 4 is 34.0 Å². The number of benzene rings is 6. The van der Waals surface area contributed by atoms with Crippen molar-refractivity contribution in [2.24, 2.45) is 5.16 Å². The van der Waals surface area contributed by atoms with Crippen molar-refractivity contribution in [2.45, 2.75) is 0 Å². The monoisotopic (exact) mass is 681 g/mol.